The molecule has 0 radical (unpaired) electrons. The van der Waals surface area contributed by atoms with E-state index in [0.29, 0.717) is 5.56 Å². The van der Waals surface area contributed by atoms with Gasteiger partial charge in [-0.15, -0.1) is 5.92 Å². The topological polar surface area (TPSA) is 26.3 Å². The standard InChI is InChI=1S/C17H14O2/c1-2-7-14-10-6-11-16(12-14)17(18)19-13-15-8-4-3-5-9-15/h3-6,8-12H,13H2,1H3. The van der Waals surface area contributed by atoms with Crippen LogP contribution in [0.1, 0.15) is 28.4 Å². The SMILES string of the molecule is CC#Cc1cccc(C(=O)OCc2ccccc2)c1. The van der Waals surface area contributed by atoms with Gasteiger partial charge in [0.1, 0.15) is 6.61 Å². The minimum absolute atomic E-state index is 0.281. The Morgan fingerprint density at radius 3 is 2.63 bits per heavy atom. The van der Waals surface area contributed by atoms with Crippen molar-refractivity contribution in [2.45, 2.75) is 13.5 Å². The van der Waals surface area contributed by atoms with Crippen molar-refractivity contribution in [3.8, 4) is 11.8 Å². The number of ether oxygens (including phenoxy) is 1. The van der Waals surface area contributed by atoms with E-state index in [0.717, 1.165) is 11.1 Å². The van der Waals surface area contributed by atoms with Crippen molar-refractivity contribution in [3.63, 3.8) is 0 Å². The maximum atomic E-state index is 11.9. The van der Waals surface area contributed by atoms with Crippen molar-refractivity contribution in [2.24, 2.45) is 0 Å². The van der Waals surface area contributed by atoms with Gasteiger partial charge in [-0.25, -0.2) is 4.79 Å². The quantitative estimate of drug-likeness (QED) is 0.616. The first-order valence-corrected chi connectivity index (χ1v) is 6.03. The van der Waals surface area contributed by atoms with Gasteiger partial charge in [-0.1, -0.05) is 42.3 Å². The molecule has 0 atom stereocenters. The molecular weight excluding hydrogens is 236 g/mol. The van der Waals surface area contributed by atoms with E-state index in [1.165, 1.54) is 0 Å². The summed E-state index contributed by atoms with van der Waals surface area (Å²) in [6, 6.07) is 16.7. The molecule has 2 nitrogen and oxygen atoms in total. The molecule has 0 aromatic heterocycles. The maximum Gasteiger partial charge on any atom is 0.338 e. The van der Waals surface area contributed by atoms with Crippen molar-refractivity contribution in [3.05, 3.63) is 71.3 Å². The third-order valence-electron chi connectivity index (χ3n) is 2.58. The van der Waals surface area contributed by atoms with Crippen LogP contribution in [0.2, 0.25) is 0 Å². The van der Waals surface area contributed by atoms with Crippen molar-refractivity contribution in [2.75, 3.05) is 0 Å². The molecule has 0 saturated heterocycles. The van der Waals surface area contributed by atoms with Crippen LogP contribution in [0.4, 0.5) is 0 Å². The number of hydrogen-bond donors (Lipinski definition) is 0. The van der Waals surface area contributed by atoms with Crippen LogP contribution in [0.5, 0.6) is 0 Å². The molecule has 0 unspecified atom stereocenters. The molecule has 0 spiro atoms. The summed E-state index contributed by atoms with van der Waals surface area (Å²) in [4.78, 5) is 11.9. The lowest BCUT2D eigenvalue weighted by Crippen LogP contribution is -2.05. The summed E-state index contributed by atoms with van der Waals surface area (Å²) in [6.07, 6.45) is 0. The highest BCUT2D eigenvalue weighted by atomic mass is 16.5. The van der Waals surface area contributed by atoms with Crippen molar-refractivity contribution in [1.29, 1.82) is 0 Å². The Morgan fingerprint density at radius 2 is 1.89 bits per heavy atom. The van der Waals surface area contributed by atoms with Crippen molar-refractivity contribution >= 4 is 5.97 Å². The summed E-state index contributed by atoms with van der Waals surface area (Å²) < 4.78 is 5.26. The predicted octanol–water partition coefficient (Wildman–Crippen LogP) is 3.42. The fraction of sp³-hybridized carbons (Fsp3) is 0.118. The van der Waals surface area contributed by atoms with Crippen LogP contribution in [0.25, 0.3) is 0 Å². The highest BCUT2D eigenvalue weighted by Crippen LogP contribution is 2.08. The molecule has 0 heterocycles. The summed E-state index contributed by atoms with van der Waals surface area (Å²) >= 11 is 0. The number of rotatable bonds is 3. The third kappa shape index (κ3) is 3.72. The molecular formula is C17H14O2. The van der Waals surface area contributed by atoms with Gasteiger partial charge in [0, 0.05) is 5.56 Å². The minimum Gasteiger partial charge on any atom is -0.457 e. The molecule has 0 aliphatic heterocycles. The molecule has 0 N–H and O–H groups in total. The number of carbonyl (C=O) groups excluding carboxylic acids is 1. The molecule has 2 aromatic carbocycles. The Balaban J connectivity index is 2.03. The summed E-state index contributed by atoms with van der Waals surface area (Å²) in [7, 11) is 0. The van der Waals surface area contributed by atoms with Crippen LogP contribution in [0.3, 0.4) is 0 Å². The second-order valence-electron chi connectivity index (χ2n) is 4.02. The average molecular weight is 250 g/mol. The fourth-order valence-electron chi connectivity index (χ4n) is 1.67. The molecule has 0 amide bonds. The van der Waals surface area contributed by atoms with Crippen LogP contribution < -0.4 is 0 Å². The normalized spacial score (nSPS) is 9.32. The Hall–Kier alpha value is -2.53. The van der Waals surface area contributed by atoms with E-state index in [4.69, 9.17) is 4.74 Å². The Bertz CT molecular complexity index is 618. The third-order valence-corrected chi connectivity index (χ3v) is 2.58. The first kappa shape index (κ1) is 12.9. The summed E-state index contributed by atoms with van der Waals surface area (Å²) in [5, 5.41) is 0. The van der Waals surface area contributed by atoms with E-state index in [1.54, 1.807) is 25.1 Å². The monoisotopic (exact) mass is 250 g/mol. The van der Waals surface area contributed by atoms with Crippen molar-refractivity contribution in [1.82, 2.24) is 0 Å². The fourth-order valence-corrected chi connectivity index (χ4v) is 1.67. The second-order valence-corrected chi connectivity index (χ2v) is 4.02. The van der Waals surface area contributed by atoms with Crippen LogP contribution in [0.15, 0.2) is 54.6 Å². The molecule has 0 aliphatic carbocycles. The lowest BCUT2D eigenvalue weighted by Gasteiger charge is -2.05. The van der Waals surface area contributed by atoms with Gasteiger partial charge in [-0.3, -0.25) is 0 Å². The molecule has 0 aliphatic rings. The van der Waals surface area contributed by atoms with Crippen molar-refractivity contribution < 1.29 is 9.53 Å². The number of esters is 1. The van der Waals surface area contributed by atoms with Crippen LogP contribution in [-0.2, 0) is 11.3 Å². The summed E-state index contributed by atoms with van der Waals surface area (Å²) in [5.74, 6) is 5.39. The minimum atomic E-state index is -0.330. The smallest absolute Gasteiger partial charge is 0.338 e. The predicted molar refractivity (Wildman–Crippen MR) is 74.6 cm³/mol. The molecule has 2 rings (SSSR count). The van der Waals surface area contributed by atoms with Gasteiger partial charge in [0.25, 0.3) is 0 Å². The van der Waals surface area contributed by atoms with Crippen LogP contribution >= 0.6 is 0 Å². The van der Waals surface area contributed by atoms with E-state index >= 15 is 0 Å². The van der Waals surface area contributed by atoms with Gasteiger partial charge in [0.2, 0.25) is 0 Å². The average Bonchev–Trinajstić information content (AvgIpc) is 2.46. The van der Waals surface area contributed by atoms with Gasteiger partial charge in [-0.05, 0) is 30.7 Å². The first-order chi connectivity index (χ1) is 9.29. The first-order valence-electron chi connectivity index (χ1n) is 6.03. The zero-order chi connectivity index (χ0) is 13.5. The van der Waals surface area contributed by atoms with Gasteiger partial charge >= 0.3 is 5.97 Å². The highest BCUT2D eigenvalue weighted by molar-refractivity contribution is 5.89. The molecule has 94 valence electrons. The van der Waals surface area contributed by atoms with E-state index in [1.807, 2.05) is 36.4 Å². The van der Waals surface area contributed by atoms with E-state index in [2.05, 4.69) is 11.8 Å². The van der Waals surface area contributed by atoms with Gasteiger partial charge < -0.3 is 4.74 Å². The van der Waals surface area contributed by atoms with Crippen LogP contribution in [-0.4, -0.2) is 5.97 Å². The summed E-state index contributed by atoms with van der Waals surface area (Å²) in [5.41, 5.74) is 2.31. The van der Waals surface area contributed by atoms with E-state index < -0.39 is 0 Å². The molecule has 2 aromatic rings. The molecule has 0 fully saturated rings. The molecule has 2 heteroatoms. The molecule has 0 bridgehead atoms. The zero-order valence-electron chi connectivity index (χ0n) is 10.7. The largest absolute Gasteiger partial charge is 0.457 e. The van der Waals surface area contributed by atoms with E-state index in [9.17, 15) is 4.79 Å². The summed E-state index contributed by atoms with van der Waals surface area (Å²) in [6.45, 7) is 2.05. The van der Waals surface area contributed by atoms with Gasteiger partial charge in [-0.2, -0.15) is 0 Å². The highest BCUT2D eigenvalue weighted by Gasteiger charge is 2.07. The Labute approximate surface area is 113 Å². The number of carbonyl (C=O) groups is 1. The zero-order valence-corrected chi connectivity index (χ0v) is 10.7. The van der Waals surface area contributed by atoms with E-state index in [-0.39, 0.29) is 12.6 Å². The van der Waals surface area contributed by atoms with Gasteiger partial charge in [0.15, 0.2) is 0 Å². The molecule has 0 saturated carbocycles. The number of benzene rings is 2. The Morgan fingerprint density at radius 1 is 1.11 bits per heavy atom. The lowest BCUT2D eigenvalue weighted by molar-refractivity contribution is 0.0472. The molecule has 19 heavy (non-hydrogen) atoms. The second kappa shape index (κ2) is 6.42. The van der Waals surface area contributed by atoms with Gasteiger partial charge in [0.05, 0.1) is 5.56 Å². The lowest BCUT2D eigenvalue weighted by atomic mass is 10.1. The maximum absolute atomic E-state index is 11.9. The van der Waals surface area contributed by atoms with Crippen LogP contribution in [0, 0.1) is 11.8 Å². The number of hydrogen-bond acceptors (Lipinski definition) is 2. The Kier molecular flexibility index (Phi) is 4.36.